The van der Waals surface area contributed by atoms with Crippen LogP contribution in [0.4, 0.5) is 10.2 Å². The van der Waals surface area contributed by atoms with E-state index in [0.29, 0.717) is 18.9 Å². The second-order valence-corrected chi connectivity index (χ2v) is 6.48. The van der Waals surface area contributed by atoms with Crippen molar-refractivity contribution in [3.05, 3.63) is 54.0 Å². The number of anilines is 1. The van der Waals surface area contributed by atoms with Crippen molar-refractivity contribution in [3.8, 4) is 5.75 Å². The van der Waals surface area contributed by atoms with Gasteiger partial charge in [0.2, 0.25) is 0 Å². The highest BCUT2D eigenvalue weighted by Crippen LogP contribution is 2.36. The Morgan fingerprint density at radius 3 is 2.50 bits per heavy atom. The Hall–Kier alpha value is -2.14. The molecule has 2 aromatic rings. The second-order valence-electron chi connectivity index (χ2n) is 6.48. The molecule has 4 nitrogen and oxygen atoms in total. The Morgan fingerprint density at radius 2 is 1.92 bits per heavy atom. The number of hydrogen-bond acceptors (Lipinski definition) is 4. The van der Waals surface area contributed by atoms with Gasteiger partial charge in [0.25, 0.3) is 0 Å². The molecule has 1 saturated heterocycles. The zero-order valence-electron chi connectivity index (χ0n) is 13.9. The molecule has 0 aliphatic carbocycles. The van der Waals surface area contributed by atoms with Crippen LogP contribution in [-0.2, 0) is 6.42 Å². The largest absolute Gasteiger partial charge is 0.497 e. The first-order chi connectivity index (χ1) is 11.7. The molecule has 0 spiro atoms. The molecule has 5 heteroatoms. The first kappa shape index (κ1) is 16.7. The maximum atomic E-state index is 13.9. The minimum Gasteiger partial charge on any atom is -0.497 e. The normalized spacial score (nSPS) is 16.9. The van der Waals surface area contributed by atoms with E-state index >= 15 is 0 Å². The Kier molecular flexibility index (Phi) is 5.00. The van der Waals surface area contributed by atoms with Crippen LogP contribution >= 0.6 is 0 Å². The lowest BCUT2D eigenvalue weighted by Gasteiger charge is -2.41. The second kappa shape index (κ2) is 7.18. The topological polar surface area (TPSA) is 45.6 Å². The maximum absolute atomic E-state index is 13.9. The van der Waals surface area contributed by atoms with Crippen LogP contribution in [0.5, 0.6) is 5.75 Å². The standard InChI is InChI=1S/C19H23FN2O2/c1-24-16-6-4-15(5-7-16)13-19(14-23)8-11-22(12-9-19)18-17(20)3-2-10-21-18/h2-7,10,23H,8-9,11-14H2,1H3. The summed E-state index contributed by atoms with van der Waals surface area (Å²) in [6, 6.07) is 11.0. The average molecular weight is 330 g/mol. The van der Waals surface area contributed by atoms with E-state index in [4.69, 9.17) is 4.74 Å². The summed E-state index contributed by atoms with van der Waals surface area (Å²) in [5.74, 6) is 0.954. The number of hydrogen-bond donors (Lipinski definition) is 1. The lowest BCUT2D eigenvalue weighted by Crippen LogP contribution is -2.43. The third kappa shape index (κ3) is 3.51. The molecular weight excluding hydrogens is 307 g/mol. The fourth-order valence-corrected chi connectivity index (χ4v) is 3.37. The quantitative estimate of drug-likeness (QED) is 0.915. The molecule has 0 amide bonds. The van der Waals surface area contributed by atoms with Gasteiger partial charge in [-0.2, -0.15) is 0 Å². The Bertz CT molecular complexity index is 667. The summed E-state index contributed by atoms with van der Waals surface area (Å²) in [6.45, 7) is 1.53. The molecule has 1 N–H and O–H groups in total. The van der Waals surface area contributed by atoms with E-state index in [2.05, 4.69) is 4.98 Å². The molecule has 1 aliphatic rings. The van der Waals surface area contributed by atoms with Crippen molar-refractivity contribution < 1.29 is 14.2 Å². The molecule has 0 unspecified atom stereocenters. The van der Waals surface area contributed by atoms with Gasteiger partial charge >= 0.3 is 0 Å². The SMILES string of the molecule is COc1ccc(CC2(CO)CCN(c3ncccc3F)CC2)cc1. The fourth-order valence-electron chi connectivity index (χ4n) is 3.37. The highest BCUT2D eigenvalue weighted by Gasteiger charge is 2.35. The Labute approximate surface area is 141 Å². The molecule has 128 valence electrons. The van der Waals surface area contributed by atoms with E-state index in [0.717, 1.165) is 25.0 Å². The van der Waals surface area contributed by atoms with Crippen molar-refractivity contribution in [3.63, 3.8) is 0 Å². The number of benzene rings is 1. The van der Waals surface area contributed by atoms with Gasteiger partial charge in [-0.3, -0.25) is 0 Å². The molecule has 3 rings (SSSR count). The van der Waals surface area contributed by atoms with Crippen LogP contribution in [0.3, 0.4) is 0 Å². The van der Waals surface area contributed by atoms with E-state index in [-0.39, 0.29) is 17.8 Å². The summed E-state index contributed by atoms with van der Waals surface area (Å²) in [5.41, 5.74) is 1.03. The summed E-state index contributed by atoms with van der Waals surface area (Å²) in [6.07, 6.45) is 4.05. The van der Waals surface area contributed by atoms with E-state index in [9.17, 15) is 9.50 Å². The number of halogens is 1. The molecule has 0 radical (unpaired) electrons. The molecule has 1 aromatic carbocycles. The monoisotopic (exact) mass is 330 g/mol. The summed E-state index contributed by atoms with van der Waals surface area (Å²) < 4.78 is 19.1. The Morgan fingerprint density at radius 1 is 1.21 bits per heavy atom. The average Bonchev–Trinajstić information content (AvgIpc) is 2.64. The van der Waals surface area contributed by atoms with Crippen LogP contribution in [0.25, 0.3) is 0 Å². The number of aliphatic hydroxyl groups is 1. The number of nitrogens with zero attached hydrogens (tertiary/aromatic N) is 2. The summed E-state index contributed by atoms with van der Waals surface area (Å²) in [5, 5.41) is 9.98. The molecule has 24 heavy (non-hydrogen) atoms. The molecule has 1 fully saturated rings. The molecule has 0 bridgehead atoms. The van der Waals surface area contributed by atoms with E-state index in [1.165, 1.54) is 11.6 Å². The van der Waals surface area contributed by atoms with Gasteiger partial charge in [-0.25, -0.2) is 9.37 Å². The fraction of sp³-hybridized carbons (Fsp3) is 0.421. The van der Waals surface area contributed by atoms with Crippen LogP contribution in [0.15, 0.2) is 42.6 Å². The van der Waals surface area contributed by atoms with Gasteiger partial charge in [0.05, 0.1) is 7.11 Å². The van der Waals surface area contributed by atoms with Gasteiger partial charge in [-0.15, -0.1) is 0 Å². The number of aromatic nitrogens is 1. The molecule has 1 aromatic heterocycles. The van der Waals surface area contributed by atoms with Crippen LogP contribution < -0.4 is 9.64 Å². The van der Waals surface area contributed by atoms with Gasteiger partial charge in [0.1, 0.15) is 5.75 Å². The zero-order chi connectivity index (χ0) is 17.0. The van der Waals surface area contributed by atoms with Crippen LogP contribution in [0, 0.1) is 11.2 Å². The molecule has 0 saturated carbocycles. The van der Waals surface area contributed by atoms with Gasteiger partial charge in [0, 0.05) is 31.3 Å². The highest BCUT2D eigenvalue weighted by atomic mass is 19.1. The van der Waals surface area contributed by atoms with Crippen molar-refractivity contribution in [2.45, 2.75) is 19.3 Å². The van der Waals surface area contributed by atoms with Gasteiger partial charge in [-0.1, -0.05) is 12.1 Å². The van der Waals surface area contributed by atoms with Crippen LogP contribution in [0.2, 0.25) is 0 Å². The predicted molar refractivity (Wildman–Crippen MR) is 91.9 cm³/mol. The van der Waals surface area contributed by atoms with Crippen LogP contribution in [0.1, 0.15) is 18.4 Å². The van der Waals surface area contributed by atoms with Crippen molar-refractivity contribution in [2.24, 2.45) is 5.41 Å². The predicted octanol–water partition coefficient (Wildman–Crippen LogP) is 3.05. The van der Waals surface area contributed by atoms with Crippen molar-refractivity contribution in [1.29, 1.82) is 0 Å². The minimum atomic E-state index is -0.288. The zero-order valence-corrected chi connectivity index (χ0v) is 13.9. The van der Waals surface area contributed by atoms with Crippen molar-refractivity contribution in [1.82, 2.24) is 4.98 Å². The maximum Gasteiger partial charge on any atom is 0.165 e. The minimum absolute atomic E-state index is 0.136. The number of methoxy groups -OCH3 is 1. The van der Waals surface area contributed by atoms with E-state index in [1.807, 2.05) is 29.2 Å². The third-order valence-electron chi connectivity index (χ3n) is 4.94. The van der Waals surface area contributed by atoms with Gasteiger partial charge < -0.3 is 14.7 Å². The number of rotatable bonds is 5. The van der Waals surface area contributed by atoms with Gasteiger partial charge in [-0.05, 0) is 49.1 Å². The highest BCUT2D eigenvalue weighted by molar-refractivity contribution is 5.40. The van der Waals surface area contributed by atoms with E-state index in [1.54, 1.807) is 19.4 Å². The third-order valence-corrected chi connectivity index (χ3v) is 4.94. The van der Waals surface area contributed by atoms with E-state index < -0.39 is 0 Å². The summed E-state index contributed by atoms with van der Waals surface area (Å²) in [4.78, 5) is 6.12. The Balaban J connectivity index is 1.68. The molecule has 2 heterocycles. The molecule has 1 aliphatic heterocycles. The first-order valence-electron chi connectivity index (χ1n) is 8.25. The van der Waals surface area contributed by atoms with Gasteiger partial charge in [0.15, 0.2) is 11.6 Å². The number of pyridine rings is 1. The lowest BCUT2D eigenvalue weighted by atomic mass is 9.74. The number of ether oxygens (including phenoxy) is 1. The van der Waals surface area contributed by atoms with Crippen molar-refractivity contribution in [2.75, 3.05) is 31.7 Å². The van der Waals surface area contributed by atoms with Crippen molar-refractivity contribution >= 4 is 5.82 Å². The number of piperidine rings is 1. The lowest BCUT2D eigenvalue weighted by molar-refractivity contribution is 0.0959. The summed E-state index contributed by atoms with van der Waals surface area (Å²) >= 11 is 0. The first-order valence-corrected chi connectivity index (χ1v) is 8.25. The molecule has 0 atom stereocenters. The summed E-state index contributed by atoms with van der Waals surface area (Å²) in [7, 11) is 1.65. The van der Waals surface area contributed by atoms with Crippen LogP contribution in [-0.4, -0.2) is 36.9 Å². The number of aliphatic hydroxyl groups excluding tert-OH is 1. The smallest absolute Gasteiger partial charge is 0.165 e. The molecular formula is C19H23FN2O2.